The van der Waals surface area contributed by atoms with Gasteiger partial charge in [0.25, 0.3) is 0 Å². The Morgan fingerprint density at radius 1 is 1.21 bits per heavy atom. The Bertz CT molecular complexity index is 317. The Balaban J connectivity index is 2.84. The Morgan fingerprint density at radius 3 is 2.11 bits per heavy atom. The largest absolute Gasteiger partial charge is 0.326 e. The van der Waals surface area contributed by atoms with Crippen molar-refractivity contribution in [3.63, 3.8) is 0 Å². The first kappa shape index (κ1) is 16.7. The van der Waals surface area contributed by atoms with Gasteiger partial charge in [-0.05, 0) is 23.7 Å². The molecular formula is C17H34N2. The van der Waals surface area contributed by atoms with E-state index in [1.54, 1.807) is 5.57 Å². The summed E-state index contributed by atoms with van der Waals surface area (Å²) in [5.41, 5.74) is 8.55. The molecule has 1 aliphatic heterocycles. The molecule has 2 unspecified atom stereocenters. The lowest BCUT2D eigenvalue weighted by Gasteiger charge is -2.45. The molecule has 0 bridgehead atoms. The second kappa shape index (κ2) is 5.97. The molecule has 0 saturated carbocycles. The van der Waals surface area contributed by atoms with Crippen molar-refractivity contribution >= 4 is 0 Å². The molecule has 0 radical (unpaired) electrons. The Hall–Kier alpha value is -0.340. The van der Waals surface area contributed by atoms with Crippen molar-refractivity contribution < 1.29 is 0 Å². The Morgan fingerprint density at radius 2 is 1.79 bits per heavy atom. The van der Waals surface area contributed by atoms with Gasteiger partial charge in [-0.25, -0.2) is 0 Å². The average molecular weight is 266 g/mol. The predicted molar refractivity (Wildman–Crippen MR) is 85.2 cm³/mol. The number of nitrogens with two attached hydrogens (primary N) is 1. The van der Waals surface area contributed by atoms with Gasteiger partial charge in [0.1, 0.15) is 0 Å². The van der Waals surface area contributed by atoms with Crippen molar-refractivity contribution in [2.75, 3.05) is 13.1 Å². The highest BCUT2D eigenvalue weighted by atomic mass is 15.2. The van der Waals surface area contributed by atoms with E-state index in [1.807, 2.05) is 0 Å². The van der Waals surface area contributed by atoms with Crippen LogP contribution in [0.25, 0.3) is 0 Å². The molecule has 0 amide bonds. The van der Waals surface area contributed by atoms with E-state index in [0.29, 0.717) is 11.5 Å². The molecular weight excluding hydrogens is 232 g/mol. The van der Waals surface area contributed by atoms with Crippen LogP contribution in [0.5, 0.6) is 0 Å². The zero-order valence-corrected chi connectivity index (χ0v) is 14.1. The third kappa shape index (κ3) is 4.32. The van der Waals surface area contributed by atoms with Crippen LogP contribution in [-0.2, 0) is 0 Å². The fraction of sp³-hybridized carbons (Fsp3) is 0.882. The summed E-state index contributed by atoms with van der Waals surface area (Å²) in [7, 11) is 0. The maximum Gasteiger partial charge on any atom is 0.0298 e. The lowest BCUT2D eigenvalue weighted by Crippen LogP contribution is -2.55. The summed E-state index contributed by atoms with van der Waals surface area (Å²) in [6.45, 7) is 18.3. The first-order chi connectivity index (χ1) is 8.57. The molecule has 2 nitrogen and oxygen atoms in total. The topological polar surface area (TPSA) is 29.3 Å². The summed E-state index contributed by atoms with van der Waals surface area (Å²) >= 11 is 0. The van der Waals surface area contributed by atoms with Gasteiger partial charge in [-0.15, -0.1) is 0 Å². The number of nitrogens with zero attached hydrogens (tertiary/aromatic N) is 1. The molecule has 2 heteroatoms. The highest BCUT2D eigenvalue weighted by Crippen LogP contribution is 2.34. The van der Waals surface area contributed by atoms with Crippen molar-refractivity contribution in [2.24, 2.45) is 16.6 Å². The lowest BCUT2D eigenvalue weighted by molar-refractivity contribution is 0.0812. The molecule has 1 aliphatic rings. The second-order valence-corrected chi connectivity index (χ2v) is 8.11. The third-order valence-electron chi connectivity index (χ3n) is 4.36. The highest BCUT2D eigenvalue weighted by Gasteiger charge is 2.35. The predicted octanol–water partition coefficient (Wildman–Crippen LogP) is 3.82. The van der Waals surface area contributed by atoms with E-state index in [-0.39, 0.29) is 11.5 Å². The van der Waals surface area contributed by atoms with Crippen molar-refractivity contribution in [2.45, 2.75) is 73.4 Å². The van der Waals surface area contributed by atoms with Crippen LogP contribution >= 0.6 is 0 Å². The van der Waals surface area contributed by atoms with E-state index in [9.17, 15) is 0 Å². The van der Waals surface area contributed by atoms with Crippen molar-refractivity contribution in [1.29, 1.82) is 0 Å². The summed E-state index contributed by atoms with van der Waals surface area (Å²) in [6, 6.07) is 0.736. The van der Waals surface area contributed by atoms with E-state index in [2.05, 4.69) is 59.4 Å². The SMILES string of the molecule is CCC(N)C(N1CC=C(C(C)(C)C)CC1)C(C)(C)C. The molecule has 112 valence electrons. The smallest absolute Gasteiger partial charge is 0.0298 e. The maximum atomic E-state index is 6.39. The minimum absolute atomic E-state index is 0.239. The van der Waals surface area contributed by atoms with Gasteiger partial charge >= 0.3 is 0 Å². The summed E-state index contributed by atoms with van der Waals surface area (Å²) in [6.07, 6.45) is 4.67. The van der Waals surface area contributed by atoms with Gasteiger partial charge in [0.15, 0.2) is 0 Å². The van der Waals surface area contributed by atoms with Crippen LogP contribution in [0.15, 0.2) is 11.6 Å². The van der Waals surface area contributed by atoms with Crippen LogP contribution in [0.1, 0.15) is 61.3 Å². The zero-order chi connectivity index (χ0) is 14.8. The average Bonchev–Trinajstić information content (AvgIpc) is 2.26. The Labute approximate surface area is 120 Å². The molecule has 1 heterocycles. The molecule has 0 spiro atoms. The van der Waals surface area contributed by atoms with Crippen molar-refractivity contribution in [3.8, 4) is 0 Å². The van der Waals surface area contributed by atoms with Gasteiger partial charge in [-0.1, -0.05) is 60.1 Å². The quantitative estimate of drug-likeness (QED) is 0.787. The summed E-state index contributed by atoms with van der Waals surface area (Å²) in [5.74, 6) is 0. The Kier molecular flexibility index (Phi) is 5.25. The van der Waals surface area contributed by atoms with E-state index in [1.165, 1.54) is 6.42 Å². The van der Waals surface area contributed by atoms with Crippen LogP contribution in [0, 0.1) is 10.8 Å². The molecule has 2 atom stereocenters. The normalized spacial score (nSPS) is 22.0. The third-order valence-corrected chi connectivity index (χ3v) is 4.36. The number of rotatable bonds is 3. The van der Waals surface area contributed by atoms with Crippen molar-refractivity contribution in [3.05, 3.63) is 11.6 Å². The monoisotopic (exact) mass is 266 g/mol. The van der Waals surface area contributed by atoms with Gasteiger partial charge in [0.05, 0.1) is 0 Å². The lowest BCUT2D eigenvalue weighted by atomic mass is 9.78. The summed E-state index contributed by atoms with van der Waals surface area (Å²) < 4.78 is 0. The fourth-order valence-electron chi connectivity index (χ4n) is 3.30. The molecule has 0 aromatic heterocycles. The first-order valence-electron chi connectivity index (χ1n) is 7.76. The van der Waals surface area contributed by atoms with E-state index in [0.717, 1.165) is 19.5 Å². The fourth-order valence-corrected chi connectivity index (χ4v) is 3.30. The van der Waals surface area contributed by atoms with E-state index >= 15 is 0 Å². The molecule has 0 aromatic carbocycles. The van der Waals surface area contributed by atoms with Crippen LogP contribution in [-0.4, -0.2) is 30.1 Å². The second-order valence-electron chi connectivity index (χ2n) is 8.11. The zero-order valence-electron chi connectivity index (χ0n) is 14.1. The molecule has 19 heavy (non-hydrogen) atoms. The van der Waals surface area contributed by atoms with Gasteiger partial charge in [-0.2, -0.15) is 0 Å². The van der Waals surface area contributed by atoms with Crippen LogP contribution in [0.4, 0.5) is 0 Å². The molecule has 0 aromatic rings. The van der Waals surface area contributed by atoms with Gasteiger partial charge in [0, 0.05) is 25.2 Å². The maximum absolute atomic E-state index is 6.39. The van der Waals surface area contributed by atoms with Crippen LogP contribution in [0.2, 0.25) is 0 Å². The minimum atomic E-state index is 0.239. The molecule has 0 aliphatic carbocycles. The van der Waals surface area contributed by atoms with Crippen LogP contribution in [0.3, 0.4) is 0 Å². The van der Waals surface area contributed by atoms with Gasteiger partial charge < -0.3 is 5.73 Å². The van der Waals surface area contributed by atoms with Gasteiger partial charge in [-0.3, -0.25) is 4.90 Å². The molecule has 2 N–H and O–H groups in total. The van der Waals surface area contributed by atoms with E-state index < -0.39 is 0 Å². The molecule has 0 saturated heterocycles. The first-order valence-corrected chi connectivity index (χ1v) is 7.76. The number of hydrogen-bond donors (Lipinski definition) is 1. The van der Waals surface area contributed by atoms with Gasteiger partial charge in [0.2, 0.25) is 0 Å². The standard InChI is InChI=1S/C17H34N2/c1-8-14(18)15(17(5,6)7)19-11-9-13(10-12-19)16(2,3)4/h9,14-15H,8,10-12,18H2,1-7H3. The minimum Gasteiger partial charge on any atom is -0.326 e. The molecule has 1 rings (SSSR count). The highest BCUT2D eigenvalue weighted by molar-refractivity contribution is 5.15. The van der Waals surface area contributed by atoms with Crippen LogP contribution < -0.4 is 5.73 Å². The van der Waals surface area contributed by atoms with Crippen molar-refractivity contribution in [1.82, 2.24) is 4.90 Å². The number of hydrogen-bond acceptors (Lipinski definition) is 2. The molecule has 0 fully saturated rings. The van der Waals surface area contributed by atoms with E-state index in [4.69, 9.17) is 5.73 Å². The summed E-state index contributed by atoms with van der Waals surface area (Å²) in [5, 5.41) is 0. The summed E-state index contributed by atoms with van der Waals surface area (Å²) in [4.78, 5) is 2.59.